The average molecular weight is 450 g/mol. The molecule has 2 aliphatic rings. The van der Waals surface area contributed by atoms with E-state index in [9.17, 15) is 4.79 Å². The van der Waals surface area contributed by atoms with Crippen molar-refractivity contribution in [3.05, 3.63) is 65.2 Å². The van der Waals surface area contributed by atoms with Crippen molar-refractivity contribution < 1.29 is 9.53 Å². The van der Waals surface area contributed by atoms with Gasteiger partial charge in [-0.3, -0.25) is 4.79 Å². The van der Waals surface area contributed by atoms with Gasteiger partial charge in [-0.05, 0) is 107 Å². The van der Waals surface area contributed by atoms with E-state index in [1.54, 1.807) is 0 Å². The molecule has 1 aliphatic heterocycles. The third-order valence-corrected chi connectivity index (χ3v) is 6.97. The molecule has 3 atom stereocenters. The SMILES string of the molecule is CC(C)Oc1cccc(C(C)NC2CCC(c3ccc(C(=O)NC4CCNCC4)cc3)C2)c1. The molecule has 1 saturated heterocycles. The van der Waals surface area contributed by atoms with Gasteiger partial charge in [-0.25, -0.2) is 0 Å². The van der Waals surface area contributed by atoms with Crippen LogP contribution in [0.15, 0.2) is 48.5 Å². The van der Waals surface area contributed by atoms with Crippen molar-refractivity contribution >= 4 is 5.91 Å². The van der Waals surface area contributed by atoms with E-state index in [1.807, 2.05) is 18.2 Å². The molecule has 0 bridgehead atoms. The number of carbonyl (C=O) groups excluding carboxylic acids is 1. The summed E-state index contributed by atoms with van der Waals surface area (Å²) in [6, 6.07) is 17.8. The van der Waals surface area contributed by atoms with Crippen molar-refractivity contribution in [2.75, 3.05) is 13.1 Å². The Bertz CT molecular complexity index is 906. The lowest BCUT2D eigenvalue weighted by Gasteiger charge is -2.23. The third kappa shape index (κ3) is 6.58. The fourth-order valence-corrected chi connectivity index (χ4v) is 5.16. The molecule has 0 spiro atoms. The molecule has 1 amide bonds. The number of carbonyl (C=O) groups is 1. The van der Waals surface area contributed by atoms with Crippen LogP contribution in [0.1, 0.15) is 86.3 Å². The molecule has 4 rings (SSSR count). The predicted octanol–water partition coefficient (Wildman–Crippen LogP) is 4.94. The predicted molar refractivity (Wildman–Crippen MR) is 134 cm³/mol. The van der Waals surface area contributed by atoms with E-state index in [0.717, 1.165) is 43.7 Å². The fraction of sp³-hybridized carbons (Fsp3) is 0.536. The standard InChI is InChI=1S/C28H39N3O2/c1-19(2)33-27-6-4-5-23(18-27)20(3)30-26-12-11-24(17-26)21-7-9-22(10-8-21)28(32)31-25-13-15-29-16-14-25/h4-10,18-20,24-26,29-30H,11-17H2,1-3H3,(H,31,32). The molecule has 1 saturated carbocycles. The van der Waals surface area contributed by atoms with Crippen LogP contribution in [0.25, 0.3) is 0 Å². The van der Waals surface area contributed by atoms with Crippen molar-refractivity contribution in [1.82, 2.24) is 16.0 Å². The summed E-state index contributed by atoms with van der Waals surface area (Å²) in [6.07, 6.45) is 5.69. The summed E-state index contributed by atoms with van der Waals surface area (Å²) in [5.74, 6) is 1.54. The summed E-state index contributed by atoms with van der Waals surface area (Å²) in [7, 11) is 0. The van der Waals surface area contributed by atoms with Gasteiger partial charge in [-0.2, -0.15) is 0 Å². The summed E-state index contributed by atoms with van der Waals surface area (Å²) in [4.78, 5) is 12.6. The number of hydrogen-bond acceptors (Lipinski definition) is 4. The highest BCUT2D eigenvalue weighted by Crippen LogP contribution is 2.35. The first-order chi connectivity index (χ1) is 16.0. The van der Waals surface area contributed by atoms with Crippen molar-refractivity contribution in [3.8, 4) is 5.75 Å². The Kier molecular flexibility index (Phi) is 8.05. The van der Waals surface area contributed by atoms with E-state index in [0.29, 0.717) is 18.0 Å². The maximum atomic E-state index is 12.6. The number of benzene rings is 2. The Balaban J connectivity index is 1.29. The van der Waals surface area contributed by atoms with Gasteiger partial charge in [-0.15, -0.1) is 0 Å². The first-order valence-electron chi connectivity index (χ1n) is 12.6. The van der Waals surface area contributed by atoms with Gasteiger partial charge in [0.2, 0.25) is 0 Å². The normalized spacial score (nSPS) is 22.3. The van der Waals surface area contributed by atoms with E-state index in [-0.39, 0.29) is 18.1 Å². The van der Waals surface area contributed by atoms with Crippen LogP contribution >= 0.6 is 0 Å². The molecule has 5 heteroatoms. The van der Waals surface area contributed by atoms with Crippen LogP contribution in [-0.4, -0.2) is 37.2 Å². The maximum absolute atomic E-state index is 12.6. The highest BCUT2D eigenvalue weighted by Gasteiger charge is 2.27. The number of rotatable bonds is 8. The Labute approximate surface area is 198 Å². The molecule has 33 heavy (non-hydrogen) atoms. The fourth-order valence-electron chi connectivity index (χ4n) is 5.16. The Morgan fingerprint density at radius 3 is 2.45 bits per heavy atom. The quantitative estimate of drug-likeness (QED) is 0.534. The highest BCUT2D eigenvalue weighted by atomic mass is 16.5. The molecule has 2 fully saturated rings. The highest BCUT2D eigenvalue weighted by molar-refractivity contribution is 5.94. The van der Waals surface area contributed by atoms with Gasteiger partial charge in [0.15, 0.2) is 0 Å². The molecule has 178 valence electrons. The van der Waals surface area contributed by atoms with Crippen molar-refractivity contribution in [1.29, 1.82) is 0 Å². The topological polar surface area (TPSA) is 62.4 Å². The van der Waals surface area contributed by atoms with E-state index in [4.69, 9.17) is 4.74 Å². The van der Waals surface area contributed by atoms with Crippen LogP contribution in [0.5, 0.6) is 5.75 Å². The van der Waals surface area contributed by atoms with Crippen LogP contribution in [-0.2, 0) is 0 Å². The molecule has 2 aromatic carbocycles. The summed E-state index contributed by atoms with van der Waals surface area (Å²) < 4.78 is 5.86. The van der Waals surface area contributed by atoms with Crippen LogP contribution < -0.4 is 20.7 Å². The smallest absolute Gasteiger partial charge is 0.251 e. The van der Waals surface area contributed by atoms with Gasteiger partial charge < -0.3 is 20.7 Å². The molecule has 3 unspecified atom stereocenters. The first kappa shape index (κ1) is 23.8. The number of amides is 1. The van der Waals surface area contributed by atoms with E-state index in [2.05, 4.69) is 67.1 Å². The zero-order valence-corrected chi connectivity index (χ0v) is 20.3. The monoisotopic (exact) mass is 449 g/mol. The number of piperidine rings is 1. The zero-order valence-electron chi connectivity index (χ0n) is 20.3. The van der Waals surface area contributed by atoms with Crippen molar-refractivity contribution in [2.45, 2.75) is 83.0 Å². The zero-order chi connectivity index (χ0) is 23.2. The Morgan fingerprint density at radius 1 is 0.970 bits per heavy atom. The lowest BCUT2D eigenvalue weighted by atomic mass is 9.96. The minimum absolute atomic E-state index is 0.0527. The molecule has 0 aromatic heterocycles. The second-order valence-electron chi connectivity index (χ2n) is 9.95. The summed E-state index contributed by atoms with van der Waals surface area (Å²) in [6.45, 7) is 8.31. The molecule has 2 aromatic rings. The summed E-state index contributed by atoms with van der Waals surface area (Å²) in [5.41, 5.74) is 3.38. The number of nitrogens with one attached hydrogen (secondary N) is 3. The molecule has 1 aliphatic carbocycles. The molecule has 5 nitrogen and oxygen atoms in total. The van der Waals surface area contributed by atoms with Gasteiger partial charge in [-0.1, -0.05) is 24.3 Å². The maximum Gasteiger partial charge on any atom is 0.251 e. The molecule has 0 radical (unpaired) electrons. The van der Waals surface area contributed by atoms with Gasteiger partial charge >= 0.3 is 0 Å². The first-order valence-corrected chi connectivity index (χ1v) is 12.6. The van der Waals surface area contributed by atoms with Gasteiger partial charge in [0.1, 0.15) is 5.75 Å². The second kappa shape index (κ2) is 11.2. The number of ether oxygens (including phenoxy) is 1. The van der Waals surface area contributed by atoms with Crippen LogP contribution in [0.2, 0.25) is 0 Å². The lowest BCUT2D eigenvalue weighted by Crippen LogP contribution is -2.42. The van der Waals surface area contributed by atoms with E-state index < -0.39 is 0 Å². The Morgan fingerprint density at radius 2 is 1.73 bits per heavy atom. The van der Waals surface area contributed by atoms with Crippen LogP contribution in [0, 0.1) is 0 Å². The lowest BCUT2D eigenvalue weighted by molar-refractivity contribution is 0.0929. The third-order valence-electron chi connectivity index (χ3n) is 6.97. The summed E-state index contributed by atoms with van der Waals surface area (Å²) >= 11 is 0. The summed E-state index contributed by atoms with van der Waals surface area (Å²) in [5, 5.41) is 10.3. The van der Waals surface area contributed by atoms with Gasteiger partial charge in [0.05, 0.1) is 6.10 Å². The number of hydrogen-bond donors (Lipinski definition) is 3. The molecular formula is C28H39N3O2. The van der Waals surface area contributed by atoms with Crippen LogP contribution in [0.3, 0.4) is 0 Å². The van der Waals surface area contributed by atoms with Gasteiger partial charge in [0, 0.05) is 23.7 Å². The van der Waals surface area contributed by atoms with E-state index >= 15 is 0 Å². The largest absolute Gasteiger partial charge is 0.491 e. The van der Waals surface area contributed by atoms with Crippen molar-refractivity contribution in [2.24, 2.45) is 0 Å². The minimum Gasteiger partial charge on any atom is -0.491 e. The van der Waals surface area contributed by atoms with E-state index in [1.165, 1.54) is 24.0 Å². The van der Waals surface area contributed by atoms with Gasteiger partial charge in [0.25, 0.3) is 5.91 Å². The average Bonchev–Trinajstić information content (AvgIpc) is 3.28. The van der Waals surface area contributed by atoms with Crippen molar-refractivity contribution in [3.63, 3.8) is 0 Å². The Hall–Kier alpha value is -2.37. The molecular weight excluding hydrogens is 410 g/mol. The second-order valence-corrected chi connectivity index (χ2v) is 9.95. The molecule has 3 N–H and O–H groups in total. The molecule has 1 heterocycles. The van der Waals surface area contributed by atoms with Crippen LogP contribution in [0.4, 0.5) is 0 Å². The minimum atomic E-state index is 0.0527.